The van der Waals surface area contributed by atoms with Crippen molar-refractivity contribution in [1.29, 1.82) is 0 Å². The molecule has 0 unspecified atom stereocenters. The SMILES string of the molecule is CC(=O)N[C@@H]1C[C@H](OC(C)=O)[C@@H](COC(C)=O)O[C@@H]1O. The summed E-state index contributed by atoms with van der Waals surface area (Å²) in [5.74, 6) is -1.37. The van der Waals surface area contributed by atoms with Gasteiger partial charge in [0.05, 0.1) is 6.04 Å². The van der Waals surface area contributed by atoms with Gasteiger partial charge in [0.2, 0.25) is 5.91 Å². The summed E-state index contributed by atoms with van der Waals surface area (Å²) in [5, 5.41) is 12.3. The quantitative estimate of drug-likeness (QED) is 0.645. The Bertz CT molecular complexity index is 384. The first kappa shape index (κ1) is 16.4. The lowest BCUT2D eigenvalue weighted by molar-refractivity contribution is -0.231. The maximum Gasteiger partial charge on any atom is 0.302 e. The minimum absolute atomic E-state index is 0.142. The average molecular weight is 289 g/mol. The van der Waals surface area contributed by atoms with Crippen molar-refractivity contribution in [2.75, 3.05) is 6.61 Å². The third-order valence-electron chi connectivity index (χ3n) is 2.72. The van der Waals surface area contributed by atoms with E-state index in [1.807, 2.05) is 0 Å². The van der Waals surface area contributed by atoms with Gasteiger partial charge in [-0.05, 0) is 0 Å². The maximum absolute atomic E-state index is 11.1. The molecule has 0 aromatic rings. The topological polar surface area (TPSA) is 111 Å². The number of carbonyl (C=O) groups is 3. The average Bonchev–Trinajstić information content (AvgIpc) is 2.29. The predicted octanol–water partition coefficient (Wildman–Crippen LogP) is -0.907. The summed E-state index contributed by atoms with van der Waals surface area (Å²) in [7, 11) is 0. The Morgan fingerprint density at radius 1 is 1.25 bits per heavy atom. The number of rotatable bonds is 4. The highest BCUT2D eigenvalue weighted by Gasteiger charge is 2.40. The van der Waals surface area contributed by atoms with Crippen LogP contribution in [-0.2, 0) is 28.6 Å². The molecule has 8 nitrogen and oxygen atoms in total. The van der Waals surface area contributed by atoms with Crippen molar-refractivity contribution >= 4 is 17.8 Å². The summed E-state index contributed by atoms with van der Waals surface area (Å²) in [6.45, 7) is 3.64. The number of esters is 2. The van der Waals surface area contributed by atoms with Crippen molar-refractivity contribution in [3.63, 3.8) is 0 Å². The van der Waals surface area contributed by atoms with E-state index in [0.29, 0.717) is 0 Å². The molecule has 1 saturated heterocycles. The first-order valence-electron chi connectivity index (χ1n) is 6.20. The number of hydrogen-bond donors (Lipinski definition) is 2. The molecule has 0 bridgehead atoms. The normalized spacial score (nSPS) is 29.4. The summed E-state index contributed by atoms with van der Waals surface area (Å²) in [6.07, 6.45) is -2.58. The van der Waals surface area contributed by atoms with Gasteiger partial charge in [-0.2, -0.15) is 0 Å². The second-order valence-electron chi connectivity index (χ2n) is 4.56. The van der Waals surface area contributed by atoms with Crippen molar-refractivity contribution in [2.45, 2.75) is 51.7 Å². The molecule has 0 spiro atoms. The molecule has 0 saturated carbocycles. The molecule has 0 aromatic carbocycles. The summed E-state index contributed by atoms with van der Waals surface area (Å²) >= 11 is 0. The molecule has 114 valence electrons. The van der Waals surface area contributed by atoms with Gasteiger partial charge in [0, 0.05) is 27.2 Å². The van der Waals surface area contributed by atoms with Crippen LogP contribution in [0, 0.1) is 0 Å². The van der Waals surface area contributed by atoms with Crippen LogP contribution in [0.4, 0.5) is 0 Å². The highest BCUT2D eigenvalue weighted by atomic mass is 16.6. The van der Waals surface area contributed by atoms with Crippen molar-refractivity contribution in [3.05, 3.63) is 0 Å². The van der Waals surface area contributed by atoms with Gasteiger partial charge < -0.3 is 24.6 Å². The van der Waals surface area contributed by atoms with Gasteiger partial charge in [0.15, 0.2) is 6.29 Å². The number of amides is 1. The van der Waals surface area contributed by atoms with E-state index in [-0.39, 0.29) is 18.9 Å². The van der Waals surface area contributed by atoms with Crippen LogP contribution < -0.4 is 5.32 Å². The molecule has 1 amide bonds. The monoisotopic (exact) mass is 289 g/mol. The summed E-state index contributed by atoms with van der Waals surface area (Å²) < 4.78 is 15.1. The fraction of sp³-hybridized carbons (Fsp3) is 0.750. The zero-order valence-corrected chi connectivity index (χ0v) is 11.6. The lowest BCUT2D eigenvalue weighted by Crippen LogP contribution is -2.56. The van der Waals surface area contributed by atoms with Crippen molar-refractivity contribution in [2.24, 2.45) is 0 Å². The highest BCUT2D eigenvalue weighted by Crippen LogP contribution is 2.22. The smallest absolute Gasteiger partial charge is 0.302 e. The van der Waals surface area contributed by atoms with E-state index in [2.05, 4.69) is 5.32 Å². The molecule has 1 fully saturated rings. The number of ether oxygens (including phenoxy) is 3. The minimum Gasteiger partial charge on any atom is -0.463 e. The Labute approximate surface area is 116 Å². The van der Waals surface area contributed by atoms with E-state index in [0.717, 1.165) is 0 Å². The fourth-order valence-electron chi connectivity index (χ4n) is 1.95. The van der Waals surface area contributed by atoms with E-state index in [1.54, 1.807) is 0 Å². The van der Waals surface area contributed by atoms with Gasteiger partial charge in [-0.15, -0.1) is 0 Å². The Balaban J connectivity index is 2.70. The Kier molecular flexibility index (Phi) is 5.90. The summed E-state index contributed by atoms with van der Waals surface area (Å²) in [5.41, 5.74) is 0. The number of nitrogens with one attached hydrogen (secondary N) is 1. The van der Waals surface area contributed by atoms with Gasteiger partial charge in [0.1, 0.15) is 18.8 Å². The second-order valence-corrected chi connectivity index (χ2v) is 4.56. The van der Waals surface area contributed by atoms with Gasteiger partial charge >= 0.3 is 11.9 Å². The minimum atomic E-state index is -1.26. The van der Waals surface area contributed by atoms with Gasteiger partial charge in [-0.25, -0.2) is 0 Å². The number of carbonyl (C=O) groups excluding carboxylic acids is 3. The molecule has 0 aliphatic carbocycles. The standard InChI is InChI=1S/C12H19NO7/c1-6(14)13-9-4-10(19-8(3)16)11(20-12(9)17)5-18-7(2)15/h9-12,17H,4-5H2,1-3H3,(H,13,14)/t9-,10+,11-,12+/m1/s1. The lowest BCUT2D eigenvalue weighted by atomic mass is 10.0. The molecule has 0 aromatic heterocycles. The van der Waals surface area contributed by atoms with Crippen molar-refractivity contribution < 1.29 is 33.7 Å². The molecule has 0 radical (unpaired) electrons. The van der Waals surface area contributed by atoms with Crippen LogP contribution in [0.5, 0.6) is 0 Å². The molecule has 1 heterocycles. The van der Waals surface area contributed by atoms with Crippen molar-refractivity contribution in [1.82, 2.24) is 5.32 Å². The maximum atomic E-state index is 11.1. The lowest BCUT2D eigenvalue weighted by Gasteiger charge is -2.38. The largest absolute Gasteiger partial charge is 0.463 e. The Morgan fingerprint density at radius 2 is 1.90 bits per heavy atom. The molecule has 1 rings (SSSR count). The van der Waals surface area contributed by atoms with Crippen LogP contribution in [0.25, 0.3) is 0 Å². The number of hydrogen-bond acceptors (Lipinski definition) is 7. The Hall–Kier alpha value is -1.67. The molecule has 1 aliphatic heterocycles. The van der Waals surface area contributed by atoms with E-state index in [9.17, 15) is 19.5 Å². The molecule has 2 N–H and O–H groups in total. The molecule has 4 atom stereocenters. The van der Waals surface area contributed by atoms with Crippen LogP contribution in [0.1, 0.15) is 27.2 Å². The first-order valence-corrected chi connectivity index (χ1v) is 6.20. The third-order valence-corrected chi connectivity index (χ3v) is 2.72. The second kappa shape index (κ2) is 7.20. The zero-order chi connectivity index (χ0) is 15.3. The van der Waals surface area contributed by atoms with E-state index < -0.39 is 36.5 Å². The van der Waals surface area contributed by atoms with Gasteiger partial charge in [-0.1, -0.05) is 0 Å². The molecule has 1 aliphatic rings. The van der Waals surface area contributed by atoms with Crippen LogP contribution >= 0.6 is 0 Å². The third kappa shape index (κ3) is 5.14. The molecular formula is C12H19NO7. The van der Waals surface area contributed by atoms with Crippen molar-refractivity contribution in [3.8, 4) is 0 Å². The molecule has 20 heavy (non-hydrogen) atoms. The number of aliphatic hydroxyl groups is 1. The Morgan fingerprint density at radius 3 is 2.40 bits per heavy atom. The highest BCUT2D eigenvalue weighted by molar-refractivity contribution is 5.73. The van der Waals surface area contributed by atoms with Crippen LogP contribution in [0.15, 0.2) is 0 Å². The molecule has 8 heteroatoms. The summed E-state index contributed by atoms with van der Waals surface area (Å²) in [4.78, 5) is 32.9. The van der Waals surface area contributed by atoms with E-state index >= 15 is 0 Å². The van der Waals surface area contributed by atoms with Gasteiger partial charge in [0.25, 0.3) is 0 Å². The van der Waals surface area contributed by atoms with Crippen LogP contribution in [-0.4, -0.2) is 54.1 Å². The summed E-state index contributed by atoms with van der Waals surface area (Å²) in [6, 6.07) is -0.689. The first-order chi connectivity index (χ1) is 9.29. The van der Waals surface area contributed by atoms with Gasteiger partial charge in [-0.3, -0.25) is 14.4 Å². The van der Waals surface area contributed by atoms with Crippen LogP contribution in [0.3, 0.4) is 0 Å². The van der Waals surface area contributed by atoms with E-state index in [1.165, 1.54) is 20.8 Å². The van der Waals surface area contributed by atoms with E-state index in [4.69, 9.17) is 14.2 Å². The predicted molar refractivity (Wildman–Crippen MR) is 65.3 cm³/mol. The van der Waals surface area contributed by atoms with Crippen LogP contribution in [0.2, 0.25) is 0 Å². The zero-order valence-electron chi connectivity index (χ0n) is 11.6. The number of aliphatic hydroxyl groups excluding tert-OH is 1. The fourth-order valence-corrected chi connectivity index (χ4v) is 1.95. The molecular weight excluding hydrogens is 270 g/mol.